The first kappa shape index (κ1) is 7.76. The molecular weight excluding hydrogens is 194 g/mol. The molecule has 0 fully saturated rings. The second-order valence-electron chi connectivity index (χ2n) is 2.48. The van der Waals surface area contributed by atoms with Crippen LogP contribution in [0.3, 0.4) is 0 Å². The molecule has 2 aromatic heterocycles. The van der Waals surface area contributed by atoms with Gasteiger partial charge in [-0.1, -0.05) is 0 Å². The number of nitrogen functional groups attached to an aromatic ring is 1. The van der Waals surface area contributed by atoms with Crippen LogP contribution < -0.4 is 5.73 Å². The number of anilines is 1. The number of hydrogen-bond donors (Lipinski definition) is 1. The van der Waals surface area contributed by atoms with Crippen molar-refractivity contribution in [2.75, 3.05) is 5.73 Å². The molecule has 2 heterocycles. The number of thiophene rings is 1. The average molecular weight is 200 g/mol. The van der Waals surface area contributed by atoms with E-state index in [4.69, 9.17) is 17.3 Å². The molecule has 0 saturated heterocycles. The minimum absolute atomic E-state index is 0.210. The van der Waals surface area contributed by atoms with Gasteiger partial charge in [-0.05, 0) is 29.5 Å². The highest BCUT2D eigenvalue weighted by molar-refractivity contribution is 7.17. The largest absolute Gasteiger partial charge is 0.383 e. The Morgan fingerprint density at radius 2 is 2.25 bits per heavy atom. The maximum atomic E-state index is 5.67. The van der Waals surface area contributed by atoms with Crippen LogP contribution >= 0.6 is 22.9 Å². The van der Waals surface area contributed by atoms with Gasteiger partial charge in [0, 0.05) is 0 Å². The molecule has 0 unspecified atom stereocenters. The summed E-state index contributed by atoms with van der Waals surface area (Å²) in [5.41, 5.74) is 6.77. The first-order valence-corrected chi connectivity index (χ1v) is 4.61. The second-order valence-corrected chi connectivity index (χ2v) is 3.67. The Kier molecular flexibility index (Phi) is 1.66. The SMILES string of the molecule is Cc1csc2nc(Cl)nc(N)c12. The van der Waals surface area contributed by atoms with Crippen molar-refractivity contribution in [2.45, 2.75) is 6.92 Å². The molecule has 0 aliphatic carbocycles. The summed E-state index contributed by atoms with van der Waals surface area (Å²) >= 11 is 7.16. The molecule has 62 valence electrons. The van der Waals surface area contributed by atoms with Crippen LogP contribution in [0.25, 0.3) is 10.2 Å². The molecule has 3 nitrogen and oxygen atoms in total. The molecule has 12 heavy (non-hydrogen) atoms. The van der Waals surface area contributed by atoms with Crippen LogP contribution in [-0.2, 0) is 0 Å². The molecule has 0 aromatic carbocycles. The zero-order valence-corrected chi connectivity index (χ0v) is 7.91. The molecule has 5 heteroatoms. The van der Waals surface area contributed by atoms with Crippen LogP contribution in [0.15, 0.2) is 5.38 Å². The van der Waals surface area contributed by atoms with Crippen LogP contribution in [0.1, 0.15) is 5.56 Å². The number of rotatable bonds is 0. The van der Waals surface area contributed by atoms with E-state index >= 15 is 0 Å². The minimum Gasteiger partial charge on any atom is -0.383 e. The summed E-state index contributed by atoms with van der Waals surface area (Å²) in [6.07, 6.45) is 0. The van der Waals surface area contributed by atoms with Gasteiger partial charge in [-0.2, -0.15) is 0 Å². The minimum atomic E-state index is 0.210. The van der Waals surface area contributed by atoms with Crippen molar-refractivity contribution >= 4 is 39.0 Å². The Balaban J connectivity index is 2.93. The number of aromatic nitrogens is 2. The lowest BCUT2D eigenvalue weighted by Gasteiger charge is -1.96. The van der Waals surface area contributed by atoms with Crippen molar-refractivity contribution in [2.24, 2.45) is 0 Å². The number of halogens is 1. The van der Waals surface area contributed by atoms with Gasteiger partial charge in [0.25, 0.3) is 0 Å². The fourth-order valence-corrected chi connectivity index (χ4v) is 2.24. The lowest BCUT2D eigenvalue weighted by molar-refractivity contribution is 1.24. The first-order valence-electron chi connectivity index (χ1n) is 3.35. The normalized spacial score (nSPS) is 10.8. The summed E-state index contributed by atoms with van der Waals surface area (Å²) in [6.45, 7) is 1.98. The van der Waals surface area contributed by atoms with Crippen molar-refractivity contribution < 1.29 is 0 Å². The van der Waals surface area contributed by atoms with Crippen LogP contribution in [0.2, 0.25) is 5.28 Å². The lowest BCUT2D eigenvalue weighted by atomic mass is 10.2. The third-order valence-corrected chi connectivity index (χ3v) is 2.78. The lowest BCUT2D eigenvalue weighted by Crippen LogP contribution is -1.93. The van der Waals surface area contributed by atoms with Gasteiger partial charge >= 0.3 is 0 Å². The maximum absolute atomic E-state index is 5.67. The van der Waals surface area contributed by atoms with Crippen molar-refractivity contribution in [3.63, 3.8) is 0 Å². The first-order chi connectivity index (χ1) is 5.68. The molecular formula is C7H6ClN3S. The Morgan fingerprint density at radius 1 is 1.50 bits per heavy atom. The van der Waals surface area contributed by atoms with Crippen LogP contribution in [0.4, 0.5) is 5.82 Å². The molecule has 2 N–H and O–H groups in total. The summed E-state index contributed by atoms with van der Waals surface area (Å²) in [5.74, 6) is 0.462. The van der Waals surface area contributed by atoms with E-state index in [9.17, 15) is 0 Å². The predicted octanol–water partition coefficient (Wildman–Crippen LogP) is 2.24. The fraction of sp³-hybridized carbons (Fsp3) is 0.143. The fourth-order valence-electron chi connectivity index (χ4n) is 1.09. The molecule has 0 bridgehead atoms. The highest BCUT2D eigenvalue weighted by atomic mass is 35.5. The molecule has 0 atom stereocenters. The monoisotopic (exact) mass is 199 g/mol. The molecule has 2 rings (SSSR count). The second kappa shape index (κ2) is 2.57. The molecule has 0 amide bonds. The standard InChI is InChI=1S/C7H6ClN3S/c1-3-2-12-6-4(3)5(9)10-7(8)11-6/h2H,1H3,(H2,9,10,11). The van der Waals surface area contributed by atoms with Crippen molar-refractivity contribution in [3.8, 4) is 0 Å². The van der Waals surface area contributed by atoms with E-state index < -0.39 is 0 Å². The smallest absolute Gasteiger partial charge is 0.225 e. The quantitative estimate of drug-likeness (QED) is 0.662. The summed E-state index contributed by atoms with van der Waals surface area (Å²) in [7, 11) is 0. The van der Waals surface area contributed by atoms with Gasteiger partial charge in [0.2, 0.25) is 5.28 Å². The van der Waals surface area contributed by atoms with Gasteiger partial charge < -0.3 is 5.73 Å². The van der Waals surface area contributed by atoms with Gasteiger partial charge in [0.15, 0.2) is 0 Å². The van der Waals surface area contributed by atoms with E-state index in [0.29, 0.717) is 5.82 Å². The molecule has 0 spiro atoms. The number of fused-ring (bicyclic) bond motifs is 1. The van der Waals surface area contributed by atoms with Crippen molar-refractivity contribution in [3.05, 3.63) is 16.2 Å². The molecule has 0 radical (unpaired) electrons. The van der Waals surface area contributed by atoms with Crippen LogP contribution in [0.5, 0.6) is 0 Å². The van der Waals surface area contributed by atoms with E-state index in [0.717, 1.165) is 15.8 Å². The molecule has 2 aromatic rings. The maximum Gasteiger partial charge on any atom is 0.225 e. The molecule has 0 saturated carbocycles. The Morgan fingerprint density at radius 3 is 3.00 bits per heavy atom. The number of aryl methyl sites for hydroxylation is 1. The number of nitrogens with two attached hydrogens (primary N) is 1. The zero-order chi connectivity index (χ0) is 8.72. The van der Waals surface area contributed by atoms with Gasteiger partial charge in [0.05, 0.1) is 5.39 Å². The third kappa shape index (κ3) is 1.04. The summed E-state index contributed by atoms with van der Waals surface area (Å²) in [6, 6.07) is 0. The van der Waals surface area contributed by atoms with E-state index in [1.807, 2.05) is 12.3 Å². The van der Waals surface area contributed by atoms with E-state index in [1.165, 1.54) is 11.3 Å². The summed E-state index contributed by atoms with van der Waals surface area (Å²) in [4.78, 5) is 8.78. The van der Waals surface area contributed by atoms with E-state index in [2.05, 4.69) is 9.97 Å². The van der Waals surface area contributed by atoms with E-state index in [1.54, 1.807) is 0 Å². The number of hydrogen-bond acceptors (Lipinski definition) is 4. The van der Waals surface area contributed by atoms with Crippen molar-refractivity contribution in [1.82, 2.24) is 9.97 Å². The third-order valence-electron chi connectivity index (χ3n) is 1.62. The number of nitrogens with zero attached hydrogens (tertiary/aromatic N) is 2. The molecule has 0 aliphatic heterocycles. The molecule has 0 aliphatic rings. The zero-order valence-electron chi connectivity index (χ0n) is 6.34. The van der Waals surface area contributed by atoms with Gasteiger partial charge in [-0.15, -0.1) is 11.3 Å². The van der Waals surface area contributed by atoms with Gasteiger partial charge in [0.1, 0.15) is 10.6 Å². The Bertz CT molecular complexity index is 437. The van der Waals surface area contributed by atoms with Crippen LogP contribution in [-0.4, -0.2) is 9.97 Å². The highest BCUT2D eigenvalue weighted by Crippen LogP contribution is 2.28. The topological polar surface area (TPSA) is 51.8 Å². The van der Waals surface area contributed by atoms with E-state index in [-0.39, 0.29) is 5.28 Å². The highest BCUT2D eigenvalue weighted by Gasteiger charge is 2.07. The summed E-state index contributed by atoms with van der Waals surface area (Å²) in [5, 5.41) is 3.12. The average Bonchev–Trinajstić information content (AvgIpc) is 2.31. The van der Waals surface area contributed by atoms with Gasteiger partial charge in [-0.3, -0.25) is 0 Å². The van der Waals surface area contributed by atoms with Crippen LogP contribution in [0, 0.1) is 6.92 Å². The summed E-state index contributed by atoms with van der Waals surface area (Å²) < 4.78 is 0. The van der Waals surface area contributed by atoms with Gasteiger partial charge in [-0.25, -0.2) is 9.97 Å². The predicted molar refractivity (Wildman–Crippen MR) is 51.6 cm³/mol. The Labute approximate surface area is 78.2 Å². The van der Waals surface area contributed by atoms with Crippen molar-refractivity contribution in [1.29, 1.82) is 0 Å². The Hall–Kier alpha value is -0.870.